The first-order valence-corrected chi connectivity index (χ1v) is 9.30. The zero-order valence-electron chi connectivity index (χ0n) is 14.5. The van der Waals surface area contributed by atoms with Gasteiger partial charge in [-0.25, -0.2) is 4.99 Å². The van der Waals surface area contributed by atoms with Crippen LogP contribution < -0.4 is 5.32 Å². The quantitative estimate of drug-likeness (QED) is 0.748. The van der Waals surface area contributed by atoms with Gasteiger partial charge in [0.25, 0.3) is 5.95 Å². The van der Waals surface area contributed by atoms with Crippen molar-refractivity contribution in [2.24, 2.45) is 16.8 Å². The van der Waals surface area contributed by atoms with Crippen LogP contribution in [0.15, 0.2) is 29.3 Å². The van der Waals surface area contributed by atoms with Crippen molar-refractivity contribution in [3.8, 4) is 11.4 Å². The van der Waals surface area contributed by atoms with Gasteiger partial charge >= 0.3 is 0 Å². The van der Waals surface area contributed by atoms with Crippen LogP contribution in [0.3, 0.4) is 0 Å². The number of anilines is 1. The van der Waals surface area contributed by atoms with Crippen LogP contribution in [0.5, 0.6) is 0 Å². The van der Waals surface area contributed by atoms with Crippen molar-refractivity contribution in [1.29, 1.82) is 0 Å². The van der Waals surface area contributed by atoms with Gasteiger partial charge in [-0.1, -0.05) is 23.7 Å². The van der Waals surface area contributed by atoms with Crippen molar-refractivity contribution < 1.29 is 0 Å². The lowest BCUT2D eigenvalue weighted by molar-refractivity contribution is 0.685. The SMILES string of the molecule is CC(=Nc1nc(N[C@H](C)C2CC2)nc(-c2cccc(Cl)c2)n1)C1CC1. The Labute approximate surface area is 153 Å². The van der Waals surface area contributed by atoms with Gasteiger partial charge in [-0.2, -0.15) is 15.0 Å². The van der Waals surface area contributed by atoms with Crippen LogP contribution in [-0.4, -0.2) is 26.7 Å². The average Bonchev–Trinajstić information content (AvgIpc) is 3.48. The summed E-state index contributed by atoms with van der Waals surface area (Å²) >= 11 is 6.13. The highest BCUT2D eigenvalue weighted by molar-refractivity contribution is 6.30. The van der Waals surface area contributed by atoms with Crippen molar-refractivity contribution in [2.75, 3.05) is 5.32 Å². The van der Waals surface area contributed by atoms with E-state index in [1.807, 2.05) is 24.3 Å². The summed E-state index contributed by atoms with van der Waals surface area (Å²) in [4.78, 5) is 18.3. The monoisotopic (exact) mass is 355 g/mol. The second kappa shape index (κ2) is 6.71. The van der Waals surface area contributed by atoms with E-state index in [9.17, 15) is 0 Å². The van der Waals surface area contributed by atoms with Crippen LogP contribution in [0, 0.1) is 11.8 Å². The summed E-state index contributed by atoms with van der Waals surface area (Å²) < 4.78 is 0. The van der Waals surface area contributed by atoms with E-state index in [-0.39, 0.29) is 0 Å². The highest BCUT2D eigenvalue weighted by atomic mass is 35.5. The molecule has 2 fully saturated rings. The smallest absolute Gasteiger partial charge is 0.254 e. The number of hydrogen-bond donors (Lipinski definition) is 1. The van der Waals surface area contributed by atoms with Gasteiger partial charge in [-0.05, 0) is 63.5 Å². The van der Waals surface area contributed by atoms with Crippen molar-refractivity contribution in [3.05, 3.63) is 29.3 Å². The molecule has 5 nitrogen and oxygen atoms in total. The molecule has 1 aromatic carbocycles. The number of nitrogens with one attached hydrogen (secondary N) is 1. The van der Waals surface area contributed by atoms with E-state index in [4.69, 9.17) is 11.6 Å². The molecule has 2 aliphatic carbocycles. The van der Waals surface area contributed by atoms with Crippen LogP contribution in [0.2, 0.25) is 5.02 Å². The van der Waals surface area contributed by atoms with Crippen LogP contribution in [0.4, 0.5) is 11.9 Å². The normalized spacial score (nSPS) is 18.9. The largest absolute Gasteiger partial charge is 0.351 e. The lowest BCUT2D eigenvalue weighted by atomic mass is 10.2. The van der Waals surface area contributed by atoms with Crippen molar-refractivity contribution in [3.63, 3.8) is 0 Å². The van der Waals surface area contributed by atoms with E-state index >= 15 is 0 Å². The van der Waals surface area contributed by atoms with Gasteiger partial charge in [0.15, 0.2) is 5.82 Å². The molecule has 0 amide bonds. The first-order valence-electron chi connectivity index (χ1n) is 8.92. The summed E-state index contributed by atoms with van der Waals surface area (Å²) in [5.74, 6) is 2.97. The maximum atomic E-state index is 6.13. The zero-order valence-corrected chi connectivity index (χ0v) is 15.3. The van der Waals surface area contributed by atoms with Gasteiger partial charge < -0.3 is 5.32 Å². The highest BCUT2D eigenvalue weighted by Crippen LogP contribution is 2.34. The van der Waals surface area contributed by atoms with Gasteiger partial charge in [0.2, 0.25) is 5.95 Å². The number of benzene rings is 1. The zero-order chi connectivity index (χ0) is 17.4. The lowest BCUT2D eigenvalue weighted by Gasteiger charge is -2.13. The Bertz CT molecular complexity index is 811. The number of aliphatic imine (C=N–C) groups is 1. The van der Waals surface area contributed by atoms with E-state index < -0.39 is 0 Å². The first-order chi connectivity index (χ1) is 12.1. The molecule has 2 aromatic rings. The summed E-state index contributed by atoms with van der Waals surface area (Å²) in [6.45, 7) is 4.24. The van der Waals surface area contributed by atoms with E-state index in [1.54, 1.807) is 0 Å². The molecule has 4 rings (SSSR count). The molecule has 1 heterocycles. The molecule has 2 aliphatic rings. The Balaban J connectivity index is 1.69. The Morgan fingerprint density at radius 3 is 2.68 bits per heavy atom. The molecule has 0 radical (unpaired) electrons. The molecule has 130 valence electrons. The second-order valence-electron chi connectivity index (χ2n) is 7.09. The molecule has 0 spiro atoms. The number of aromatic nitrogens is 3. The fraction of sp³-hybridized carbons (Fsp3) is 0.474. The van der Waals surface area contributed by atoms with Gasteiger partial charge in [0, 0.05) is 22.3 Å². The number of nitrogens with zero attached hydrogens (tertiary/aromatic N) is 4. The third kappa shape index (κ3) is 4.15. The Kier molecular flexibility index (Phi) is 4.42. The van der Waals surface area contributed by atoms with Crippen LogP contribution in [0.25, 0.3) is 11.4 Å². The molecule has 0 saturated heterocycles. The van der Waals surface area contributed by atoms with Crippen molar-refractivity contribution in [1.82, 2.24) is 15.0 Å². The van der Waals surface area contributed by atoms with Crippen LogP contribution in [-0.2, 0) is 0 Å². The predicted molar refractivity (Wildman–Crippen MR) is 102 cm³/mol. The molecule has 6 heteroatoms. The maximum absolute atomic E-state index is 6.13. The molecule has 0 aliphatic heterocycles. The van der Waals surface area contributed by atoms with Crippen LogP contribution >= 0.6 is 11.6 Å². The first kappa shape index (κ1) is 16.5. The van der Waals surface area contributed by atoms with Gasteiger partial charge in [0.1, 0.15) is 0 Å². The molecule has 0 bridgehead atoms. The fourth-order valence-corrected chi connectivity index (χ4v) is 3.09. The Morgan fingerprint density at radius 1 is 1.20 bits per heavy atom. The van der Waals surface area contributed by atoms with E-state index in [1.165, 1.54) is 25.7 Å². The second-order valence-corrected chi connectivity index (χ2v) is 7.53. The lowest BCUT2D eigenvalue weighted by Crippen LogP contribution is -2.19. The molecule has 25 heavy (non-hydrogen) atoms. The van der Waals surface area contributed by atoms with Crippen LogP contribution in [0.1, 0.15) is 39.5 Å². The van der Waals surface area contributed by atoms with E-state index in [0.29, 0.717) is 40.6 Å². The molecule has 1 N–H and O–H groups in total. The minimum atomic E-state index is 0.357. The molecular formula is C19H22ClN5. The summed E-state index contributed by atoms with van der Waals surface area (Å²) in [5.41, 5.74) is 1.97. The third-order valence-corrected chi connectivity index (χ3v) is 5.07. The Hall–Kier alpha value is -2.01. The van der Waals surface area contributed by atoms with Gasteiger partial charge in [0.05, 0.1) is 0 Å². The highest BCUT2D eigenvalue weighted by Gasteiger charge is 2.29. The molecule has 0 unspecified atom stereocenters. The Morgan fingerprint density at radius 2 is 2.00 bits per heavy atom. The average molecular weight is 356 g/mol. The van der Waals surface area contributed by atoms with E-state index in [2.05, 4.69) is 39.1 Å². The topological polar surface area (TPSA) is 63.1 Å². The van der Waals surface area contributed by atoms with Crippen molar-refractivity contribution >= 4 is 29.2 Å². The standard InChI is InChI=1S/C19H22ClN5/c1-11(13-6-7-13)21-18-23-17(15-4-3-5-16(20)10-15)24-19(25-18)22-12(2)14-8-9-14/h3-5,10-11,13-14H,6-9H2,1-2H3,(H,21,23,24,25)/t11-/m1/s1. The minimum Gasteiger partial charge on any atom is -0.351 e. The summed E-state index contributed by atoms with van der Waals surface area (Å²) in [6.07, 6.45) is 4.97. The fourth-order valence-electron chi connectivity index (χ4n) is 2.90. The molecular weight excluding hydrogens is 334 g/mol. The number of hydrogen-bond acceptors (Lipinski definition) is 5. The minimum absolute atomic E-state index is 0.357. The third-order valence-electron chi connectivity index (χ3n) is 4.84. The summed E-state index contributed by atoms with van der Waals surface area (Å²) in [5, 5.41) is 4.09. The maximum Gasteiger partial charge on any atom is 0.254 e. The predicted octanol–water partition coefficient (Wildman–Crippen LogP) is 4.90. The van der Waals surface area contributed by atoms with Crippen molar-refractivity contribution in [2.45, 2.75) is 45.6 Å². The molecule has 2 saturated carbocycles. The number of rotatable bonds is 6. The van der Waals surface area contributed by atoms with Gasteiger partial charge in [-0.15, -0.1) is 0 Å². The summed E-state index contributed by atoms with van der Waals surface area (Å²) in [6, 6.07) is 7.93. The van der Waals surface area contributed by atoms with E-state index in [0.717, 1.165) is 11.3 Å². The molecule has 1 atom stereocenters. The summed E-state index contributed by atoms with van der Waals surface area (Å²) in [7, 11) is 0. The number of halogens is 1. The van der Waals surface area contributed by atoms with Gasteiger partial charge in [-0.3, -0.25) is 0 Å². The molecule has 1 aromatic heterocycles.